The van der Waals surface area contributed by atoms with Crippen LogP contribution in [0.1, 0.15) is 45.4 Å². The van der Waals surface area contributed by atoms with Crippen molar-refractivity contribution < 1.29 is 9.47 Å². The number of ether oxygens (including phenoxy) is 2. The van der Waals surface area contributed by atoms with Crippen LogP contribution in [0, 0.1) is 18.8 Å². The quantitative estimate of drug-likeness (QED) is 0.787. The fraction of sp³-hybridized carbons (Fsp3) is 0.571. The number of nitrogens with zero attached hydrogens (tertiary/aromatic N) is 1. The van der Waals surface area contributed by atoms with E-state index in [1.807, 2.05) is 26.8 Å². The molecule has 1 saturated carbocycles. The minimum Gasteiger partial charge on any atom is -0.496 e. The molecule has 2 fully saturated rings. The zero-order valence-corrected chi connectivity index (χ0v) is 15.7. The summed E-state index contributed by atoms with van der Waals surface area (Å²) < 4.78 is 11.4. The lowest BCUT2D eigenvalue weighted by Crippen LogP contribution is -2.27. The predicted molar refractivity (Wildman–Crippen MR) is 98.7 cm³/mol. The Morgan fingerprint density at radius 1 is 1.21 bits per heavy atom. The molecule has 24 heavy (non-hydrogen) atoms. The first kappa shape index (κ1) is 17.2. The molecule has 1 aromatic heterocycles. The lowest BCUT2D eigenvalue weighted by molar-refractivity contribution is 0.0146. The van der Waals surface area contributed by atoms with Crippen molar-refractivity contribution in [3.8, 4) is 5.75 Å². The molecule has 130 valence electrons. The summed E-state index contributed by atoms with van der Waals surface area (Å²) in [6.07, 6.45) is 1.46. The van der Waals surface area contributed by atoms with Crippen molar-refractivity contribution >= 4 is 10.9 Å². The second kappa shape index (κ2) is 6.36. The highest BCUT2D eigenvalue weighted by atomic mass is 16.5. The van der Waals surface area contributed by atoms with Gasteiger partial charge in [0.25, 0.3) is 0 Å². The minimum atomic E-state index is 0.293. The molecule has 0 amide bonds. The van der Waals surface area contributed by atoms with Gasteiger partial charge in [-0.2, -0.15) is 0 Å². The largest absolute Gasteiger partial charge is 0.496 e. The standard InChI is InChI=1S/C19H23NO2.C2H6/c1-11-7-18(21-4)15-8-14(5-6-17(15)20-11)19-9-12(2)22-10-16(19)13(19)3;1-2/h5-8,12-13,16H,9-10H2,1-4H3;1-2H3. The third kappa shape index (κ3) is 2.50. The first-order chi connectivity index (χ1) is 11.6. The Kier molecular flexibility index (Phi) is 4.56. The zero-order chi connectivity index (χ0) is 17.5. The summed E-state index contributed by atoms with van der Waals surface area (Å²) in [6, 6.07) is 8.74. The maximum absolute atomic E-state index is 5.86. The van der Waals surface area contributed by atoms with E-state index in [2.05, 4.69) is 37.0 Å². The summed E-state index contributed by atoms with van der Waals surface area (Å²) in [4.78, 5) is 4.64. The number of hydrogen-bond donors (Lipinski definition) is 0. The highest BCUT2D eigenvalue weighted by molar-refractivity contribution is 5.86. The molecule has 1 aliphatic heterocycles. The SMILES string of the molecule is CC.COc1cc(C)nc2ccc(C34CC(C)OCC3C4C)cc12. The van der Waals surface area contributed by atoms with Gasteiger partial charge in [0.15, 0.2) is 0 Å². The summed E-state index contributed by atoms with van der Waals surface area (Å²) in [5.74, 6) is 2.27. The number of rotatable bonds is 2. The Labute approximate surface area is 145 Å². The van der Waals surface area contributed by atoms with E-state index < -0.39 is 0 Å². The van der Waals surface area contributed by atoms with Crippen LogP contribution < -0.4 is 4.74 Å². The van der Waals surface area contributed by atoms with E-state index in [1.165, 1.54) is 5.56 Å². The summed E-state index contributed by atoms with van der Waals surface area (Å²) in [5, 5.41) is 1.12. The van der Waals surface area contributed by atoms with E-state index in [-0.39, 0.29) is 0 Å². The molecular formula is C21H29NO2. The van der Waals surface area contributed by atoms with Crippen molar-refractivity contribution in [1.29, 1.82) is 0 Å². The van der Waals surface area contributed by atoms with Crippen molar-refractivity contribution in [2.24, 2.45) is 11.8 Å². The van der Waals surface area contributed by atoms with Gasteiger partial charge in [0.05, 0.1) is 25.3 Å². The van der Waals surface area contributed by atoms with Crippen LogP contribution in [0.3, 0.4) is 0 Å². The van der Waals surface area contributed by atoms with Gasteiger partial charge in [0.2, 0.25) is 0 Å². The molecule has 2 aliphatic rings. The average molecular weight is 327 g/mol. The summed E-state index contributed by atoms with van der Waals surface area (Å²) in [7, 11) is 1.73. The molecule has 3 heteroatoms. The van der Waals surface area contributed by atoms with Gasteiger partial charge in [0.1, 0.15) is 5.75 Å². The van der Waals surface area contributed by atoms with Gasteiger partial charge >= 0.3 is 0 Å². The fourth-order valence-corrected chi connectivity index (χ4v) is 4.53. The molecule has 2 aromatic rings. The van der Waals surface area contributed by atoms with Gasteiger partial charge < -0.3 is 9.47 Å². The predicted octanol–water partition coefficient (Wildman–Crippen LogP) is 4.89. The molecule has 1 aromatic carbocycles. The zero-order valence-electron chi connectivity index (χ0n) is 15.7. The number of pyridine rings is 1. The van der Waals surface area contributed by atoms with Crippen LogP contribution in [0.25, 0.3) is 10.9 Å². The monoisotopic (exact) mass is 327 g/mol. The Bertz CT molecular complexity index is 742. The van der Waals surface area contributed by atoms with Crippen LogP contribution in [0.4, 0.5) is 0 Å². The average Bonchev–Trinajstić information content (AvgIpc) is 3.20. The lowest BCUT2D eigenvalue weighted by Gasteiger charge is -2.28. The van der Waals surface area contributed by atoms with Crippen molar-refractivity contribution in [1.82, 2.24) is 4.98 Å². The van der Waals surface area contributed by atoms with E-state index in [4.69, 9.17) is 9.47 Å². The lowest BCUT2D eigenvalue weighted by atomic mass is 9.84. The summed E-state index contributed by atoms with van der Waals surface area (Å²) >= 11 is 0. The molecule has 0 spiro atoms. The molecule has 2 heterocycles. The maximum atomic E-state index is 5.86. The van der Waals surface area contributed by atoms with E-state index in [0.717, 1.165) is 35.4 Å². The van der Waals surface area contributed by atoms with E-state index in [1.54, 1.807) is 7.11 Å². The molecule has 1 aliphatic carbocycles. The van der Waals surface area contributed by atoms with E-state index in [0.29, 0.717) is 23.4 Å². The number of benzene rings is 1. The Morgan fingerprint density at radius 3 is 2.67 bits per heavy atom. The number of hydrogen-bond acceptors (Lipinski definition) is 3. The van der Waals surface area contributed by atoms with Crippen LogP contribution in [-0.2, 0) is 10.2 Å². The second-order valence-electron chi connectivity index (χ2n) is 6.98. The molecule has 0 bridgehead atoms. The molecule has 4 rings (SSSR count). The van der Waals surface area contributed by atoms with E-state index in [9.17, 15) is 0 Å². The highest BCUT2D eigenvalue weighted by Crippen LogP contribution is 2.64. The fourth-order valence-electron chi connectivity index (χ4n) is 4.53. The highest BCUT2D eigenvalue weighted by Gasteiger charge is 2.64. The molecule has 0 radical (unpaired) electrons. The van der Waals surface area contributed by atoms with Crippen LogP contribution >= 0.6 is 0 Å². The molecule has 4 atom stereocenters. The molecule has 4 unspecified atom stereocenters. The normalized spacial score (nSPS) is 31.0. The molecule has 1 saturated heterocycles. The van der Waals surface area contributed by atoms with Crippen LogP contribution in [0.15, 0.2) is 24.3 Å². The molecular weight excluding hydrogens is 298 g/mol. The van der Waals surface area contributed by atoms with Crippen molar-refractivity contribution in [2.45, 2.75) is 52.6 Å². The number of aromatic nitrogens is 1. The van der Waals surface area contributed by atoms with Crippen LogP contribution in [0.2, 0.25) is 0 Å². The third-order valence-electron chi connectivity index (χ3n) is 5.81. The third-order valence-corrected chi connectivity index (χ3v) is 5.81. The minimum absolute atomic E-state index is 0.293. The van der Waals surface area contributed by atoms with Gasteiger partial charge in [0, 0.05) is 22.6 Å². The van der Waals surface area contributed by atoms with Crippen LogP contribution in [-0.4, -0.2) is 24.8 Å². The van der Waals surface area contributed by atoms with Crippen molar-refractivity contribution in [3.05, 3.63) is 35.5 Å². The van der Waals surface area contributed by atoms with E-state index >= 15 is 0 Å². The number of fused-ring (bicyclic) bond motifs is 2. The first-order valence-electron chi connectivity index (χ1n) is 9.13. The topological polar surface area (TPSA) is 31.4 Å². The summed E-state index contributed by atoms with van der Waals surface area (Å²) in [5.41, 5.74) is 3.73. The smallest absolute Gasteiger partial charge is 0.130 e. The first-order valence-corrected chi connectivity index (χ1v) is 9.13. The van der Waals surface area contributed by atoms with Crippen molar-refractivity contribution in [2.75, 3.05) is 13.7 Å². The van der Waals surface area contributed by atoms with Crippen LogP contribution in [0.5, 0.6) is 5.75 Å². The van der Waals surface area contributed by atoms with Crippen molar-refractivity contribution in [3.63, 3.8) is 0 Å². The van der Waals surface area contributed by atoms with Gasteiger partial charge in [-0.15, -0.1) is 0 Å². The second-order valence-corrected chi connectivity index (χ2v) is 6.98. The molecule has 3 nitrogen and oxygen atoms in total. The van der Waals surface area contributed by atoms with Gasteiger partial charge in [-0.3, -0.25) is 4.98 Å². The Balaban J connectivity index is 0.000000815. The number of aryl methyl sites for hydroxylation is 1. The Hall–Kier alpha value is -1.61. The van der Waals surface area contributed by atoms with Gasteiger partial charge in [-0.05, 0) is 49.8 Å². The summed E-state index contributed by atoms with van der Waals surface area (Å²) in [6.45, 7) is 11.5. The van der Waals surface area contributed by atoms with Gasteiger partial charge in [-0.1, -0.05) is 26.8 Å². The maximum Gasteiger partial charge on any atom is 0.130 e. The number of methoxy groups -OCH3 is 1. The van der Waals surface area contributed by atoms with Gasteiger partial charge in [-0.25, -0.2) is 0 Å². The molecule has 0 N–H and O–H groups in total. The Morgan fingerprint density at radius 2 is 1.96 bits per heavy atom.